The molecule has 0 radical (unpaired) electrons. The number of carbonyl (C=O) groups excluding carboxylic acids is 1. The quantitative estimate of drug-likeness (QED) is 0.759. The number of carbonyl (C=O) groups is 1. The first kappa shape index (κ1) is 17.2. The zero-order valence-corrected chi connectivity index (χ0v) is 15.5. The maximum atomic E-state index is 12.4. The van der Waals surface area contributed by atoms with E-state index in [0.717, 1.165) is 75.9 Å². The van der Waals surface area contributed by atoms with E-state index in [2.05, 4.69) is 9.47 Å². The first-order chi connectivity index (χ1) is 12.2. The van der Waals surface area contributed by atoms with Crippen molar-refractivity contribution in [3.8, 4) is 0 Å². The molecule has 3 aliphatic rings. The van der Waals surface area contributed by atoms with E-state index in [-0.39, 0.29) is 12.0 Å². The van der Waals surface area contributed by atoms with E-state index >= 15 is 0 Å². The van der Waals surface area contributed by atoms with Crippen molar-refractivity contribution in [1.82, 2.24) is 24.1 Å². The molecular formula is C17H27N5O2S. The average Bonchev–Trinajstić information content (AvgIpc) is 3.19. The Hall–Kier alpha value is -1.25. The Labute approximate surface area is 153 Å². The predicted octanol–water partition coefficient (Wildman–Crippen LogP) is 1.42. The highest BCUT2D eigenvalue weighted by atomic mass is 32.1. The van der Waals surface area contributed by atoms with Crippen molar-refractivity contribution in [2.75, 3.05) is 32.8 Å². The molecule has 0 N–H and O–H groups in total. The fourth-order valence-electron chi connectivity index (χ4n) is 3.99. The second kappa shape index (κ2) is 7.55. The highest BCUT2D eigenvalue weighted by Gasteiger charge is 2.30. The Morgan fingerprint density at radius 3 is 2.72 bits per heavy atom. The lowest BCUT2D eigenvalue weighted by Gasteiger charge is -2.35. The summed E-state index contributed by atoms with van der Waals surface area (Å²) in [7, 11) is 0. The summed E-state index contributed by atoms with van der Waals surface area (Å²) >= 11 is 5.63. The predicted molar refractivity (Wildman–Crippen MR) is 95.7 cm³/mol. The van der Waals surface area contributed by atoms with Crippen molar-refractivity contribution < 1.29 is 9.53 Å². The molecule has 0 saturated carbocycles. The molecule has 4 rings (SSSR count). The van der Waals surface area contributed by atoms with Crippen LogP contribution in [-0.4, -0.2) is 68.9 Å². The summed E-state index contributed by atoms with van der Waals surface area (Å²) in [6.45, 7) is 5.70. The van der Waals surface area contributed by atoms with Crippen LogP contribution in [0.2, 0.25) is 0 Å². The van der Waals surface area contributed by atoms with Gasteiger partial charge in [-0.15, -0.1) is 0 Å². The minimum absolute atomic E-state index is 0.169. The van der Waals surface area contributed by atoms with Gasteiger partial charge in [0, 0.05) is 45.8 Å². The van der Waals surface area contributed by atoms with Crippen LogP contribution in [0.3, 0.4) is 0 Å². The molecule has 2 saturated heterocycles. The number of nitrogens with zero attached hydrogens (tertiary/aromatic N) is 5. The second-order valence-corrected chi connectivity index (χ2v) is 7.61. The molecule has 8 heteroatoms. The minimum Gasteiger partial charge on any atom is -0.368 e. The molecule has 0 unspecified atom stereocenters. The van der Waals surface area contributed by atoms with Gasteiger partial charge >= 0.3 is 0 Å². The van der Waals surface area contributed by atoms with Crippen LogP contribution in [-0.2, 0) is 29.2 Å². The van der Waals surface area contributed by atoms with Gasteiger partial charge in [0.2, 0.25) is 0 Å². The number of rotatable bonds is 3. The molecule has 1 atom stereocenters. The molecule has 7 nitrogen and oxygen atoms in total. The van der Waals surface area contributed by atoms with E-state index < -0.39 is 0 Å². The van der Waals surface area contributed by atoms with Crippen LogP contribution in [0.25, 0.3) is 0 Å². The molecule has 4 heterocycles. The minimum atomic E-state index is -0.205. The number of hydrogen-bond donors (Lipinski definition) is 0. The summed E-state index contributed by atoms with van der Waals surface area (Å²) in [5, 5.41) is 4.75. The molecule has 1 amide bonds. The van der Waals surface area contributed by atoms with E-state index in [0.29, 0.717) is 0 Å². The van der Waals surface area contributed by atoms with Crippen molar-refractivity contribution in [3.63, 3.8) is 0 Å². The van der Waals surface area contributed by atoms with Crippen LogP contribution >= 0.6 is 12.2 Å². The normalized spacial score (nSPS) is 25.0. The Morgan fingerprint density at radius 2 is 1.96 bits per heavy atom. The van der Waals surface area contributed by atoms with Crippen LogP contribution in [0.5, 0.6) is 0 Å². The summed E-state index contributed by atoms with van der Waals surface area (Å²) in [4.78, 5) is 16.7. The van der Waals surface area contributed by atoms with Crippen molar-refractivity contribution in [1.29, 1.82) is 0 Å². The highest BCUT2D eigenvalue weighted by molar-refractivity contribution is 7.71. The molecule has 0 aromatic carbocycles. The monoisotopic (exact) mass is 365 g/mol. The highest BCUT2D eigenvalue weighted by Crippen LogP contribution is 2.17. The molecule has 2 fully saturated rings. The molecule has 138 valence electrons. The lowest BCUT2D eigenvalue weighted by Crippen LogP contribution is -2.51. The third-order valence-corrected chi connectivity index (χ3v) is 5.94. The SMILES string of the molecule is O=C([C@H]1CCCO1)N1CCN(Cn2nc3n(c2=S)CCCCC3)CC1. The average molecular weight is 366 g/mol. The fourth-order valence-corrected chi connectivity index (χ4v) is 4.29. The molecular weight excluding hydrogens is 338 g/mol. The molecule has 0 aliphatic carbocycles. The summed E-state index contributed by atoms with van der Waals surface area (Å²) < 4.78 is 10.5. The lowest BCUT2D eigenvalue weighted by atomic mass is 10.2. The van der Waals surface area contributed by atoms with E-state index in [9.17, 15) is 4.79 Å². The zero-order chi connectivity index (χ0) is 17.2. The number of aromatic nitrogens is 3. The number of hydrogen-bond acceptors (Lipinski definition) is 5. The smallest absolute Gasteiger partial charge is 0.251 e. The summed E-state index contributed by atoms with van der Waals surface area (Å²) in [6.07, 6.45) is 6.35. The van der Waals surface area contributed by atoms with Crippen molar-refractivity contribution in [3.05, 3.63) is 10.6 Å². The van der Waals surface area contributed by atoms with Gasteiger partial charge in [-0.05, 0) is 37.9 Å². The topological polar surface area (TPSA) is 55.5 Å². The molecule has 0 spiro atoms. The van der Waals surface area contributed by atoms with Gasteiger partial charge < -0.3 is 14.2 Å². The van der Waals surface area contributed by atoms with Crippen LogP contribution in [0.15, 0.2) is 0 Å². The van der Waals surface area contributed by atoms with Gasteiger partial charge in [-0.2, -0.15) is 5.10 Å². The van der Waals surface area contributed by atoms with Gasteiger partial charge in [-0.25, -0.2) is 4.68 Å². The van der Waals surface area contributed by atoms with Gasteiger partial charge in [0.1, 0.15) is 11.9 Å². The van der Waals surface area contributed by atoms with Crippen molar-refractivity contribution in [2.24, 2.45) is 0 Å². The first-order valence-electron chi connectivity index (χ1n) is 9.51. The van der Waals surface area contributed by atoms with Crippen LogP contribution in [0.1, 0.15) is 37.9 Å². The van der Waals surface area contributed by atoms with Gasteiger partial charge in [0.15, 0.2) is 4.77 Å². The third kappa shape index (κ3) is 3.66. The fraction of sp³-hybridized carbons (Fsp3) is 0.824. The Morgan fingerprint density at radius 1 is 1.12 bits per heavy atom. The van der Waals surface area contributed by atoms with E-state index in [1.165, 1.54) is 19.3 Å². The van der Waals surface area contributed by atoms with Gasteiger partial charge in [0.25, 0.3) is 5.91 Å². The van der Waals surface area contributed by atoms with E-state index in [1.54, 1.807) is 0 Å². The Bertz CT molecular complexity index is 671. The van der Waals surface area contributed by atoms with Crippen molar-refractivity contribution >= 4 is 18.1 Å². The number of ether oxygens (including phenoxy) is 1. The molecule has 3 aliphatic heterocycles. The first-order valence-corrected chi connectivity index (χ1v) is 9.92. The number of aryl methyl sites for hydroxylation is 1. The van der Waals surface area contributed by atoms with Gasteiger partial charge in [-0.3, -0.25) is 9.69 Å². The summed E-state index contributed by atoms with van der Waals surface area (Å²) in [6, 6.07) is 0. The lowest BCUT2D eigenvalue weighted by molar-refractivity contribution is -0.142. The maximum Gasteiger partial charge on any atom is 0.251 e. The summed E-state index contributed by atoms with van der Waals surface area (Å²) in [5.74, 6) is 1.30. The molecule has 0 bridgehead atoms. The van der Waals surface area contributed by atoms with Gasteiger partial charge in [-0.1, -0.05) is 6.42 Å². The number of amides is 1. The number of piperazine rings is 1. The third-order valence-electron chi connectivity index (χ3n) is 5.50. The zero-order valence-electron chi connectivity index (χ0n) is 14.7. The molecule has 25 heavy (non-hydrogen) atoms. The van der Waals surface area contributed by atoms with Crippen LogP contribution in [0, 0.1) is 4.77 Å². The van der Waals surface area contributed by atoms with E-state index in [4.69, 9.17) is 22.1 Å². The largest absolute Gasteiger partial charge is 0.368 e. The molecule has 1 aromatic heterocycles. The van der Waals surface area contributed by atoms with E-state index in [1.807, 2.05) is 9.58 Å². The van der Waals surface area contributed by atoms with Gasteiger partial charge in [0.05, 0.1) is 6.67 Å². The Kier molecular flexibility index (Phi) is 5.19. The summed E-state index contributed by atoms with van der Waals surface area (Å²) in [5.41, 5.74) is 0. The standard InChI is InChI=1S/C17H27N5O2S/c23-16(14-5-4-12-24-14)20-10-8-19(9-11-20)13-22-17(25)21-7-3-1-2-6-15(21)18-22/h14H,1-13H2/t14-/m1/s1. The Balaban J connectivity index is 1.34. The van der Waals surface area contributed by atoms with Crippen LogP contribution < -0.4 is 0 Å². The second-order valence-electron chi connectivity index (χ2n) is 7.25. The van der Waals surface area contributed by atoms with Crippen molar-refractivity contribution in [2.45, 2.75) is 57.8 Å². The van der Waals surface area contributed by atoms with Crippen LogP contribution in [0.4, 0.5) is 0 Å². The number of fused-ring (bicyclic) bond motifs is 1. The molecule has 1 aromatic rings. The maximum absolute atomic E-state index is 12.4.